The number of carbonyl (C=O) groups is 2. The maximum Gasteiger partial charge on any atom is 0.256 e. The molecule has 2 amide bonds. The Balaban J connectivity index is 1.87. The smallest absolute Gasteiger partial charge is 0.256 e. The van der Waals surface area contributed by atoms with Crippen molar-refractivity contribution in [2.75, 3.05) is 6.61 Å². The number of nitrogens with two attached hydrogens (primary N) is 1. The number of hydrogen-bond acceptors (Lipinski definition) is 6. The number of hydrogen-bond donors (Lipinski definition) is 3. The number of fused-ring (bicyclic) bond motifs is 1. The van der Waals surface area contributed by atoms with Crippen molar-refractivity contribution >= 4 is 22.8 Å². The largest absolute Gasteiger partial charge is 0.487 e. The third-order valence-electron chi connectivity index (χ3n) is 4.54. The highest BCUT2D eigenvalue weighted by Gasteiger charge is 2.23. The molecule has 9 heteroatoms. The minimum Gasteiger partial charge on any atom is -0.487 e. The number of aromatic nitrogens is 2. The van der Waals surface area contributed by atoms with Crippen LogP contribution in [-0.4, -0.2) is 39.4 Å². The number of primary amides is 1. The summed E-state index contributed by atoms with van der Waals surface area (Å²) in [7, 11) is 1.84. The summed E-state index contributed by atoms with van der Waals surface area (Å²) in [6.07, 6.45) is 1.76. The summed E-state index contributed by atoms with van der Waals surface area (Å²) in [6, 6.07) is 3.98. The lowest BCUT2D eigenvalue weighted by atomic mass is 10.1. The predicted octanol–water partition coefficient (Wildman–Crippen LogP) is 0.938. The monoisotopic (exact) mass is 386 g/mol. The second-order valence-corrected chi connectivity index (χ2v) is 6.49. The van der Waals surface area contributed by atoms with Crippen LogP contribution in [-0.2, 0) is 18.4 Å². The van der Waals surface area contributed by atoms with E-state index in [4.69, 9.17) is 14.9 Å². The molecular formula is C19H22N4O5. The minimum absolute atomic E-state index is 0.261. The maximum absolute atomic E-state index is 12.6. The van der Waals surface area contributed by atoms with Crippen LogP contribution in [0.1, 0.15) is 27.4 Å². The van der Waals surface area contributed by atoms with E-state index in [-0.39, 0.29) is 5.56 Å². The Kier molecular flexibility index (Phi) is 5.36. The molecule has 0 fully saturated rings. The fraction of sp³-hybridized carbons (Fsp3) is 0.316. The lowest BCUT2D eigenvalue weighted by Gasteiger charge is -2.12. The molecular weight excluding hydrogens is 364 g/mol. The van der Waals surface area contributed by atoms with E-state index < -0.39 is 24.5 Å². The number of rotatable bonds is 7. The molecule has 0 aliphatic heterocycles. The van der Waals surface area contributed by atoms with Crippen molar-refractivity contribution in [1.82, 2.24) is 15.1 Å². The summed E-state index contributed by atoms with van der Waals surface area (Å²) in [5.74, 6) is -0.449. The van der Waals surface area contributed by atoms with Gasteiger partial charge in [-0.15, -0.1) is 0 Å². The molecule has 1 aromatic carbocycles. The number of amides is 2. The van der Waals surface area contributed by atoms with Crippen LogP contribution in [0.5, 0.6) is 5.75 Å². The van der Waals surface area contributed by atoms with Gasteiger partial charge in [0, 0.05) is 12.4 Å². The number of aliphatic hydroxyl groups is 1. The average molecular weight is 386 g/mol. The van der Waals surface area contributed by atoms with E-state index in [0.29, 0.717) is 29.1 Å². The van der Waals surface area contributed by atoms with Gasteiger partial charge in [-0.1, -0.05) is 0 Å². The van der Waals surface area contributed by atoms with Crippen LogP contribution in [0.15, 0.2) is 28.8 Å². The van der Waals surface area contributed by atoms with Gasteiger partial charge in [0.25, 0.3) is 5.91 Å². The Labute approximate surface area is 161 Å². The number of furan rings is 1. The molecule has 148 valence electrons. The van der Waals surface area contributed by atoms with Gasteiger partial charge < -0.3 is 25.3 Å². The van der Waals surface area contributed by atoms with Crippen molar-refractivity contribution in [2.24, 2.45) is 12.8 Å². The van der Waals surface area contributed by atoms with E-state index in [1.165, 1.54) is 0 Å². The molecule has 9 nitrogen and oxygen atoms in total. The standard InChI is InChI=1S/C19H22N4O5/c1-10-7-21-23(3)15(10)9-27-12-4-5-16-13(6-12)17(11(2)28-16)19(26)22-14(8-24)18(20)25/h4-7,14,24H,8-9H2,1-3H3,(H2,20,25)(H,22,26). The first-order valence-corrected chi connectivity index (χ1v) is 8.66. The molecule has 2 heterocycles. The van der Waals surface area contributed by atoms with Gasteiger partial charge in [0.1, 0.15) is 29.7 Å². The molecule has 0 bridgehead atoms. The molecule has 4 N–H and O–H groups in total. The Morgan fingerprint density at radius 3 is 2.75 bits per heavy atom. The van der Waals surface area contributed by atoms with Crippen LogP contribution in [0.3, 0.4) is 0 Å². The Bertz CT molecular complexity index is 1020. The molecule has 2 aromatic heterocycles. The van der Waals surface area contributed by atoms with E-state index in [0.717, 1.165) is 11.3 Å². The highest BCUT2D eigenvalue weighted by atomic mass is 16.5. The van der Waals surface area contributed by atoms with Gasteiger partial charge in [0.05, 0.1) is 24.1 Å². The molecule has 3 aromatic rings. The summed E-state index contributed by atoms with van der Waals surface area (Å²) in [4.78, 5) is 23.9. The number of ether oxygens (including phenoxy) is 1. The summed E-state index contributed by atoms with van der Waals surface area (Å²) < 4.78 is 13.2. The first kappa shape index (κ1) is 19.4. The lowest BCUT2D eigenvalue weighted by Crippen LogP contribution is -2.46. The fourth-order valence-electron chi connectivity index (χ4n) is 2.94. The predicted molar refractivity (Wildman–Crippen MR) is 101 cm³/mol. The maximum atomic E-state index is 12.6. The van der Waals surface area contributed by atoms with Crippen molar-refractivity contribution in [3.8, 4) is 5.75 Å². The summed E-state index contributed by atoms with van der Waals surface area (Å²) in [5.41, 5.74) is 7.89. The third kappa shape index (κ3) is 3.70. The van der Waals surface area contributed by atoms with E-state index in [9.17, 15) is 14.7 Å². The number of benzene rings is 1. The van der Waals surface area contributed by atoms with Crippen LogP contribution in [0.4, 0.5) is 0 Å². The van der Waals surface area contributed by atoms with E-state index in [1.807, 2.05) is 14.0 Å². The van der Waals surface area contributed by atoms with Crippen LogP contribution in [0, 0.1) is 13.8 Å². The molecule has 28 heavy (non-hydrogen) atoms. The van der Waals surface area contributed by atoms with Crippen LogP contribution >= 0.6 is 0 Å². The number of nitrogens with one attached hydrogen (secondary N) is 1. The van der Waals surface area contributed by atoms with Crippen molar-refractivity contribution < 1.29 is 23.8 Å². The minimum atomic E-state index is -1.18. The van der Waals surface area contributed by atoms with Crippen molar-refractivity contribution in [1.29, 1.82) is 0 Å². The van der Waals surface area contributed by atoms with Crippen LogP contribution < -0.4 is 15.8 Å². The second kappa shape index (κ2) is 7.73. The SMILES string of the molecule is Cc1cnn(C)c1COc1ccc2oc(C)c(C(=O)NC(CO)C(N)=O)c2c1. The molecule has 0 aliphatic carbocycles. The van der Waals surface area contributed by atoms with E-state index in [1.54, 1.807) is 36.0 Å². The molecule has 0 saturated carbocycles. The quantitative estimate of drug-likeness (QED) is 0.553. The number of carbonyl (C=O) groups excluding carboxylic acids is 2. The van der Waals surface area contributed by atoms with Crippen LogP contribution in [0.25, 0.3) is 11.0 Å². The Hall–Kier alpha value is -3.33. The van der Waals surface area contributed by atoms with Gasteiger partial charge in [-0.25, -0.2) is 0 Å². The normalized spacial score (nSPS) is 12.1. The van der Waals surface area contributed by atoms with Gasteiger partial charge in [0.2, 0.25) is 5.91 Å². The van der Waals surface area contributed by atoms with Gasteiger partial charge >= 0.3 is 0 Å². The van der Waals surface area contributed by atoms with Crippen molar-refractivity contribution in [3.63, 3.8) is 0 Å². The first-order valence-electron chi connectivity index (χ1n) is 8.66. The van der Waals surface area contributed by atoms with E-state index >= 15 is 0 Å². The van der Waals surface area contributed by atoms with Crippen molar-refractivity contribution in [3.05, 3.63) is 47.0 Å². The fourth-order valence-corrected chi connectivity index (χ4v) is 2.94. The number of aryl methyl sites for hydroxylation is 3. The topological polar surface area (TPSA) is 133 Å². The summed E-state index contributed by atoms with van der Waals surface area (Å²) in [5, 5.41) is 16.3. The average Bonchev–Trinajstić information content (AvgIpc) is 3.15. The third-order valence-corrected chi connectivity index (χ3v) is 4.54. The number of nitrogens with zero attached hydrogens (tertiary/aromatic N) is 2. The molecule has 0 aliphatic rings. The molecule has 0 saturated heterocycles. The molecule has 0 radical (unpaired) electrons. The molecule has 1 atom stereocenters. The molecule has 3 rings (SSSR count). The van der Waals surface area contributed by atoms with E-state index in [2.05, 4.69) is 10.4 Å². The highest BCUT2D eigenvalue weighted by molar-refractivity contribution is 6.08. The van der Waals surface area contributed by atoms with Gasteiger partial charge in [-0.3, -0.25) is 14.3 Å². The summed E-state index contributed by atoms with van der Waals surface area (Å²) >= 11 is 0. The van der Waals surface area contributed by atoms with Gasteiger partial charge in [0.15, 0.2) is 0 Å². The second-order valence-electron chi connectivity index (χ2n) is 6.49. The zero-order valence-corrected chi connectivity index (χ0v) is 15.9. The molecule has 0 spiro atoms. The Morgan fingerprint density at radius 1 is 1.39 bits per heavy atom. The van der Waals surface area contributed by atoms with Crippen LogP contribution in [0.2, 0.25) is 0 Å². The number of aliphatic hydroxyl groups excluding tert-OH is 1. The van der Waals surface area contributed by atoms with Gasteiger partial charge in [-0.2, -0.15) is 5.10 Å². The first-order chi connectivity index (χ1) is 13.3. The zero-order chi connectivity index (χ0) is 20.4. The zero-order valence-electron chi connectivity index (χ0n) is 15.9. The molecule has 1 unspecified atom stereocenters. The Morgan fingerprint density at radius 2 is 2.14 bits per heavy atom. The van der Waals surface area contributed by atoms with Crippen molar-refractivity contribution in [2.45, 2.75) is 26.5 Å². The van der Waals surface area contributed by atoms with Gasteiger partial charge in [-0.05, 0) is 37.6 Å². The summed E-state index contributed by atoms with van der Waals surface area (Å²) in [6.45, 7) is 3.33. The lowest BCUT2D eigenvalue weighted by molar-refractivity contribution is -0.120. The highest BCUT2D eigenvalue weighted by Crippen LogP contribution is 2.29.